The average Bonchev–Trinajstić information content (AvgIpc) is 3.10. The second-order valence-corrected chi connectivity index (χ2v) is 6.50. The summed E-state index contributed by atoms with van der Waals surface area (Å²) < 4.78 is 2.08. The summed E-state index contributed by atoms with van der Waals surface area (Å²) in [6.45, 7) is 0.948. The van der Waals surface area contributed by atoms with Gasteiger partial charge in [-0.3, -0.25) is 4.98 Å². The summed E-state index contributed by atoms with van der Waals surface area (Å²) >= 11 is 0. The highest BCUT2D eigenvalue weighted by Crippen LogP contribution is 2.30. The van der Waals surface area contributed by atoms with E-state index in [1.54, 1.807) is 0 Å². The van der Waals surface area contributed by atoms with Crippen molar-refractivity contribution in [1.29, 1.82) is 0 Å². The number of hydrogen-bond acceptors (Lipinski definition) is 3. The summed E-state index contributed by atoms with van der Waals surface area (Å²) in [5.74, 6) is 0. The molecule has 0 atom stereocenters. The van der Waals surface area contributed by atoms with Gasteiger partial charge in [0.25, 0.3) is 0 Å². The van der Waals surface area contributed by atoms with Crippen LogP contribution in [0.25, 0.3) is 27.8 Å². The zero-order valence-corrected chi connectivity index (χ0v) is 14.4. The second-order valence-electron chi connectivity index (χ2n) is 6.50. The van der Waals surface area contributed by atoms with Crippen molar-refractivity contribution in [2.75, 3.05) is 14.1 Å². The van der Waals surface area contributed by atoms with Crippen LogP contribution in [0.5, 0.6) is 0 Å². The zero-order valence-electron chi connectivity index (χ0n) is 14.4. The fourth-order valence-electron chi connectivity index (χ4n) is 3.12. The Balaban J connectivity index is 1.80. The lowest BCUT2D eigenvalue weighted by atomic mass is 10.00. The summed E-state index contributed by atoms with van der Waals surface area (Å²) in [6, 6.07) is 15.1. The van der Waals surface area contributed by atoms with Crippen molar-refractivity contribution in [1.82, 2.24) is 19.3 Å². The molecule has 3 aromatic heterocycles. The van der Waals surface area contributed by atoms with Gasteiger partial charge in [0.1, 0.15) is 0 Å². The predicted octanol–water partition coefficient (Wildman–Crippen LogP) is 4.12. The maximum absolute atomic E-state index is 4.31. The molecule has 0 amide bonds. The van der Waals surface area contributed by atoms with Gasteiger partial charge < -0.3 is 9.30 Å². The third kappa shape index (κ3) is 3.16. The lowest BCUT2D eigenvalue weighted by molar-refractivity contribution is 0.402. The van der Waals surface area contributed by atoms with Crippen LogP contribution in [-0.2, 0) is 6.54 Å². The Morgan fingerprint density at radius 2 is 1.64 bits per heavy atom. The van der Waals surface area contributed by atoms with Crippen molar-refractivity contribution < 1.29 is 0 Å². The minimum absolute atomic E-state index is 0.948. The monoisotopic (exact) mass is 328 g/mol. The zero-order chi connectivity index (χ0) is 17.2. The van der Waals surface area contributed by atoms with E-state index in [4.69, 9.17) is 0 Å². The van der Waals surface area contributed by atoms with Gasteiger partial charge in [-0.25, -0.2) is 4.98 Å². The molecule has 4 rings (SSSR count). The van der Waals surface area contributed by atoms with Crippen LogP contribution in [0, 0.1) is 0 Å². The fraction of sp³-hybridized carbons (Fsp3) is 0.143. The van der Waals surface area contributed by atoms with E-state index in [1.807, 2.05) is 37.1 Å². The molecule has 0 spiro atoms. The van der Waals surface area contributed by atoms with Crippen LogP contribution in [0.1, 0.15) is 5.56 Å². The first-order valence-corrected chi connectivity index (χ1v) is 8.31. The van der Waals surface area contributed by atoms with Crippen molar-refractivity contribution in [3.8, 4) is 22.3 Å². The van der Waals surface area contributed by atoms with Crippen molar-refractivity contribution >= 4 is 5.52 Å². The Morgan fingerprint density at radius 3 is 2.36 bits per heavy atom. The van der Waals surface area contributed by atoms with E-state index in [2.05, 4.69) is 69.9 Å². The Labute approximate surface area is 147 Å². The van der Waals surface area contributed by atoms with Crippen LogP contribution >= 0.6 is 0 Å². The Bertz CT molecular complexity index is 986. The van der Waals surface area contributed by atoms with Crippen LogP contribution in [0.15, 0.2) is 73.6 Å². The number of pyridine rings is 2. The molecule has 25 heavy (non-hydrogen) atoms. The van der Waals surface area contributed by atoms with E-state index < -0.39 is 0 Å². The molecule has 0 unspecified atom stereocenters. The molecular weight excluding hydrogens is 308 g/mol. The predicted molar refractivity (Wildman–Crippen MR) is 101 cm³/mol. The molecular formula is C21H20N4. The number of benzene rings is 1. The van der Waals surface area contributed by atoms with Crippen molar-refractivity contribution in [3.63, 3.8) is 0 Å². The van der Waals surface area contributed by atoms with Crippen LogP contribution in [0.3, 0.4) is 0 Å². The van der Waals surface area contributed by atoms with Crippen molar-refractivity contribution in [2.45, 2.75) is 6.54 Å². The van der Waals surface area contributed by atoms with Crippen LogP contribution in [0.2, 0.25) is 0 Å². The molecule has 0 saturated carbocycles. The maximum Gasteiger partial charge on any atom is 0.0992 e. The minimum Gasteiger partial charge on any atom is -0.305 e. The van der Waals surface area contributed by atoms with Crippen molar-refractivity contribution in [3.05, 3.63) is 79.1 Å². The van der Waals surface area contributed by atoms with Gasteiger partial charge in [0.2, 0.25) is 0 Å². The molecule has 3 heterocycles. The van der Waals surface area contributed by atoms with E-state index >= 15 is 0 Å². The first-order valence-electron chi connectivity index (χ1n) is 8.31. The largest absolute Gasteiger partial charge is 0.305 e. The lowest BCUT2D eigenvalue weighted by Crippen LogP contribution is -2.10. The standard InChI is InChI=1S/C21H20N4/c1-24(2)13-16-3-5-17(6-4-16)19-11-20(18-7-9-22-10-8-18)21-12-23-15-25(21)14-19/h3-12,14-15H,13H2,1-2H3. The highest BCUT2D eigenvalue weighted by Gasteiger charge is 2.09. The molecule has 0 saturated heterocycles. The molecule has 0 aliphatic heterocycles. The van der Waals surface area contributed by atoms with Gasteiger partial charge in [0.15, 0.2) is 0 Å². The minimum atomic E-state index is 0.948. The maximum atomic E-state index is 4.31. The lowest BCUT2D eigenvalue weighted by Gasteiger charge is -2.12. The Hall–Kier alpha value is -2.98. The molecule has 4 aromatic rings. The third-order valence-corrected chi connectivity index (χ3v) is 4.30. The van der Waals surface area contributed by atoms with Gasteiger partial charge in [-0.2, -0.15) is 0 Å². The van der Waals surface area contributed by atoms with Gasteiger partial charge >= 0.3 is 0 Å². The van der Waals surface area contributed by atoms with Crippen LogP contribution in [-0.4, -0.2) is 33.4 Å². The van der Waals surface area contributed by atoms with Gasteiger partial charge in [0, 0.05) is 30.7 Å². The molecule has 4 heteroatoms. The molecule has 0 aliphatic carbocycles. The van der Waals surface area contributed by atoms with E-state index in [0.29, 0.717) is 0 Å². The highest BCUT2D eigenvalue weighted by molar-refractivity contribution is 5.84. The Kier molecular flexibility index (Phi) is 4.04. The third-order valence-electron chi connectivity index (χ3n) is 4.30. The molecule has 4 nitrogen and oxygen atoms in total. The number of aromatic nitrogens is 3. The molecule has 0 bridgehead atoms. The normalized spacial score (nSPS) is 11.3. The van der Waals surface area contributed by atoms with Crippen LogP contribution in [0.4, 0.5) is 0 Å². The number of nitrogens with zero attached hydrogens (tertiary/aromatic N) is 4. The van der Waals surface area contributed by atoms with Gasteiger partial charge in [-0.1, -0.05) is 24.3 Å². The summed E-state index contributed by atoms with van der Waals surface area (Å²) in [4.78, 5) is 10.6. The molecule has 0 N–H and O–H groups in total. The molecule has 0 radical (unpaired) electrons. The number of hydrogen-bond donors (Lipinski definition) is 0. The topological polar surface area (TPSA) is 33.4 Å². The van der Waals surface area contributed by atoms with Gasteiger partial charge in [-0.05, 0) is 54.5 Å². The smallest absolute Gasteiger partial charge is 0.0992 e. The SMILES string of the molecule is CN(C)Cc1ccc(-c2cc(-c3ccncc3)c3cncn3c2)cc1. The molecule has 1 aromatic carbocycles. The van der Waals surface area contributed by atoms with E-state index in [1.165, 1.54) is 16.7 Å². The molecule has 0 fully saturated rings. The van der Waals surface area contributed by atoms with Gasteiger partial charge in [0.05, 0.1) is 18.0 Å². The summed E-state index contributed by atoms with van der Waals surface area (Å²) in [6.07, 6.45) is 9.54. The quantitative estimate of drug-likeness (QED) is 0.565. The number of rotatable bonds is 4. The summed E-state index contributed by atoms with van der Waals surface area (Å²) in [5.41, 5.74) is 7.09. The second kappa shape index (κ2) is 6.49. The average molecular weight is 328 g/mol. The number of fused-ring (bicyclic) bond motifs is 1. The van der Waals surface area contributed by atoms with Crippen molar-refractivity contribution in [2.24, 2.45) is 0 Å². The van der Waals surface area contributed by atoms with E-state index in [9.17, 15) is 0 Å². The highest BCUT2D eigenvalue weighted by atomic mass is 15.0. The first kappa shape index (κ1) is 15.5. The summed E-state index contributed by atoms with van der Waals surface area (Å²) in [5, 5.41) is 0. The van der Waals surface area contributed by atoms with Gasteiger partial charge in [-0.15, -0.1) is 0 Å². The molecule has 0 aliphatic rings. The molecule has 124 valence electrons. The van der Waals surface area contributed by atoms with E-state index in [0.717, 1.165) is 23.2 Å². The van der Waals surface area contributed by atoms with Crippen LogP contribution < -0.4 is 0 Å². The number of imidazole rings is 1. The first-order chi connectivity index (χ1) is 12.2. The summed E-state index contributed by atoms with van der Waals surface area (Å²) in [7, 11) is 4.17. The Morgan fingerprint density at radius 1 is 0.880 bits per heavy atom. The fourth-order valence-corrected chi connectivity index (χ4v) is 3.12. The van der Waals surface area contributed by atoms with E-state index in [-0.39, 0.29) is 0 Å².